The molecule has 2 nitrogen and oxygen atoms in total. The Labute approximate surface area is 183 Å². The summed E-state index contributed by atoms with van der Waals surface area (Å²) in [7, 11) is -0.406. The van der Waals surface area contributed by atoms with Crippen molar-refractivity contribution in [2.45, 2.75) is 97.1 Å². The number of nitrogens with zero attached hydrogens (tertiary/aromatic N) is 1. The molecule has 1 heterocycles. The molecule has 1 aliphatic rings. The number of hydrogen-bond donors (Lipinski definition) is 0. The van der Waals surface area contributed by atoms with Crippen molar-refractivity contribution < 1.29 is 8.91 Å². The highest BCUT2D eigenvalue weighted by atomic mass is 28.4. The van der Waals surface area contributed by atoms with Gasteiger partial charge in [-0.3, -0.25) is 0 Å². The van der Waals surface area contributed by atoms with Crippen molar-refractivity contribution in [2.24, 2.45) is 0 Å². The summed E-state index contributed by atoms with van der Waals surface area (Å²) in [5.41, 5.74) is 1.59. The fraction of sp³-hybridized carbons (Fsp3) is 0.760. The van der Waals surface area contributed by atoms with E-state index in [-0.39, 0.29) is 0 Å². The third-order valence-corrected chi connectivity index (χ3v) is 12.9. The Kier molecular flexibility index (Phi) is 9.65. The molecule has 0 saturated heterocycles. The van der Waals surface area contributed by atoms with Crippen molar-refractivity contribution in [1.29, 1.82) is 0 Å². The second-order valence-electron chi connectivity index (χ2n) is 11.0. The summed E-state index contributed by atoms with van der Waals surface area (Å²) in [4.78, 5) is 0. The van der Waals surface area contributed by atoms with Crippen LogP contribution in [0.3, 0.4) is 0 Å². The van der Waals surface area contributed by atoms with Gasteiger partial charge in [0.1, 0.15) is 21.2 Å². The first-order chi connectivity index (χ1) is 13.7. The van der Waals surface area contributed by atoms with E-state index in [9.17, 15) is 0 Å². The van der Waals surface area contributed by atoms with Gasteiger partial charge in [-0.05, 0) is 24.3 Å². The van der Waals surface area contributed by atoms with Gasteiger partial charge >= 0.3 is 0 Å². The fourth-order valence-corrected chi connectivity index (χ4v) is 11.1. The van der Waals surface area contributed by atoms with Crippen molar-refractivity contribution in [1.82, 2.24) is 0 Å². The first-order valence-corrected chi connectivity index (χ1v) is 18.6. The molecule has 1 aliphatic heterocycles. The lowest BCUT2D eigenvalue weighted by atomic mass is 10.1. The van der Waals surface area contributed by atoms with Gasteiger partial charge in [0.2, 0.25) is 0 Å². The highest BCUT2D eigenvalue weighted by molar-refractivity contribution is 6.90. The Balaban J connectivity index is 1.70. The summed E-state index contributed by atoms with van der Waals surface area (Å²) < 4.78 is 7.72. The van der Waals surface area contributed by atoms with Crippen LogP contribution < -0.4 is 5.19 Å². The second kappa shape index (κ2) is 11.3. The minimum Gasteiger partial charge on any atom is -0.412 e. The van der Waals surface area contributed by atoms with Gasteiger partial charge in [-0.15, -0.1) is 0 Å². The van der Waals surface area contributed by atoms with Crippen molar-refractivity contribution in [3.8, 4) is 0 Å². The summed E-state index contributed by atoms with van der Waals surface area (Å²) in [5, 5.41) is 1.68. The van der Waals surface area contributed by atoms with Crippen LogP contribution in [0.15, 0.2) is 24.3 Å². The minimum atomic E-state index is -1.51. The fourth-order valence-electron chi connectivity index (χ4n) is 5.28. The first kappa shape index (κ1) is 24.8. The lowest BCUT2D eigenvalue weighted by Crippen LogP contribution is -2.65. The first-order valence-electron chi connectivity index (χ1n) is 12.2. The van der Waals surface area contributed by atoms with E-state index in [4.69, 9.17) is 4.43 Å². The van der Waals surface area contributed by atoms with Crippen LogP contribution in [0.1, 0.15) is 63.9 Å². The van der Waals surface area contributed by atoms with Gasteiger partial charge in [0.05, 0.1) is 19.8 Å². The molecule has 0 N–H and O–H groups in total. The molecule has 166 valence electrons. The highest BCUT2D eigenvalue weighted by Crippen LogP contribution is 2.24. The molecule has 1 unspecified atom stereocenters. The molecular formula is C25H48NOSi2+. The third kappa shape index (κ3) is 8.31. The number of rotatable bonds is 13. The van der Waals surface area contributed by atoms with E-state index in [0.717, 1.165) is 6.61 Å². The van der Waals surface area contributed by atoms with Gasteiger partial charge in [0.15, 0.2) is 8.32 Å². The maximum Gasteiger partial charge on any atom is 0.187 e. The molecule has 4 heteroatoms. The van der Waals surface area contributed by atoms with Gasteiger partial charge in [-0.1, -0.05) is 95.6 Å². The standard InChI is InChI=1S/C25H48NOSi2/c1-7-8-9-10-11-12-13-16-21-29(5,6)27-20-19-26(2)22-24-17-14-15-18-25(24)28(3,4)23-26/h14-15,17-18H,7-13,16,19-23H2,1-6H3/q+1. The zero-order valence-corrected chi connectivity index (χ0v) is 22.4. The monoisotopic (exact) mass is 434 g/mol. The molecule has 0 amide bonds. The van der Waals surface area contributed by atoms with Crippen molar-refractivity contribution in [3.63, 3.8) is 0 Å². The zero-order chi connectivity index (χ0) is 21.4. The molecule has 2 rings (SSSR count). The Hall–Kier alpha value is -0.426. The maximum atomic E-state index is 6.55. The zero-order valence-electron chi connectivity index (χ0n) is 20.4. The highest BCUT2D eigenvalue weighted by Gasteiger charge is 2.41. The summed E-state index contributed by atoms with van der Waals surface area (Å²) in [6.45, 7) is 15.5. The number of likely N-dealkylation sites (N-methyl/N-ethyl adjacent to an activating group) is 1. The molecule has 0 fully saturated rings. The van der Waals surface area contributed by atoms with Gasteiger partial charge in [0.25, 0.3) is 0 Å². The Morgan fingerprint density at radius 2 is 1.59 bits per heavy atom. The maximum absolute atomic E-state index is 6.55. The van der Waals surface area contributed by atoms with Crippen molar-refractivity contribution in [3.05, 3.63) is 29.8 Å². The Morgan fingerprint density at radius 1 is 0.966 bits per heavy atom. The van der Waals surface area contributed by atoms with Gasteiger partial charge < -0.3 is 8.91 Å². The molecule has 0 saturated carbocycles. The van der Waals surface area contributed by atoms with E-state index in [2.05, 4.69) is 64.4 Å². The van der Waals surface area contributed by atoms with Crippen molar-refractivity contribution >= 4 is 21.6 Å². The number of unbranched alkanes of at least 4 members (excludes halogenated alkanes) is 7. The Morgan fingerprint density at radius 3 is 2.28 bits per heavy atom. The Bertz CT molecular complexity index is 617. The molecule has 0 spiro atoms. The van der Waals surface area contributed by atoms with Crippen LogP contribution in [-0.2, 0) is 11.0 Å². The molecular weight excluding hydrogens is 386 g/mol. The predicted molar refractivity (Wildman–Crippen MR) is 134 cm³/mol. The van der Waals surface area contributed by atoms with Crippen LogP contribution >= 0.6 is 0 Å². The van der Waals surface area contributed by atoms with E-state index in [1.54, 1.807) is 10.8 Å². The molecule has 0 radical (unpaired) electrons. The van der Waals surface area contributed by atoms with Gasteiger partial charge in [-0.2, -0.15) is 0 Å². The largest absolute Gasteiger partial charge is 0.412 e. The lowest BCUT2D eigenvalue weighted by Gasteiger charge is -2.45. The van der Waals surface area contributed by atoms with E-state index < -0.39 is 16.4 Å². The summed E-state index contributed by atoms with van der Waals surface area (Å²) in [5.74, 6) is 0. The number of quaternary nitrogens is 1. The quantitative estimate of drug-likeness (QED) is 0.196. The number of fused-ring (bicyclic) bond motifs is 1. The van der Waals surface area contributed by atoms with E-state index in [1.807, 2.05) is 0 Å². The molecule has 1 atom stereocenters. The summed E-state index contributed by atoms with van der Waals surface area (Å²) >= 11 is 0. The number of hydrogen-bond acceptors (Lipinski definition) is 1. The SMILES string of the molecule is CCCCCCCCCC[Si](C)(C)OCC[N+]1(C)Cc2ccccc2[Si](C)(C)C1. The van der Waals surface area contributed by atoms with Gasteiger partial charge in [0, 0.05) is 5.56 Å². The molecule has 0 aliphatic carbocycles. The number of benzene rings is 1. The van der Waals surface area contributed by atoms with E-state index in [0.29, 0.717) is 0 Å². The van der Waals surface area contributed by atoms with Gasteiger partial charge in [-0.25, -0.2) is 0 Å². The predicted octanol–water partition coefficient (Wildman–Crippen LogP) is 6.46. The van der Waals surface area contributed by atoms with Crippen molar-refractivity contribution in [2.75, 3.05) is 26.4 Å². The van der Waals surface area contributed by atoms with Crippen LogP contribution in [0.5, 0.6) is 0 Å². The van der Waals surface area contributed by atoms with E-state index >= 15 is 0 Å². The lowest BCUT2D eigenvalue weighted by molar-refractivity contribution is -0.914. The molecule has 29 heavy (non-hydrogen) atoms. The van der Waals surface area contributed by atoms with E-state index in [1.165, 1.54) is 81.2 Å². The topological polar surface area (TPSA) is 9.23 Å². The summed E-state index contributed by atoms with van der Waals surface area (Å²) in [6, 6.07) is 10.5. The average molecular weight is 435 g/mol. The molecule has 0 aromatic heterocycles. The normalized spacial score (nSPS) is 21.2. The molecule has 1 aromatic carbocycles. The molecule has 1 aromatic rings. The minimum absolute atomic E-state index is 0.944. The smallest absolute Gasteiger partial charge is 0.187 e. The van der Waals surface area contributed by atoms with Crippen LogP contribution in [-0.4, -0.2) is 47.2 Å². The van der Waals surface area contributed by atoms with Crippen LogP contribution in [0.4, 0.5) is 0 Å². The van der Waals surface area contributed by atoms with Crippen LogP contribution in [0.25, 0.3) is 0 Å². The third-order valence-electron chi connectivity index (χ3n) is 6.83. The average Bonchev–Trinajstić information content (AvgIpc) is 2.63. The summed E-state index contributed by atoms with van der Waals surface area (Å²) in [6.07, 6.45) is 12.6. The molecule has 0 bridgehead atoms. The van der Waals surface area contributed by atoms with Crippen LogP contribution in [0, 0.1) is 0 Å². The van der Waals surface area contributed by atoms with Crippen LogP contribution in [0.2, 0.25) is 32.2 Å². The second-order valence-corrected chi connectivity index (χ2v) is 20.0.